The molecule has 1 unspecified atom stereocenters. The highest BCUT2D eigenvalue weighted by Crippen LogP contribution is 2.20. The molecule has 0 bridgehead atoms. The van der Waals surface area contributed by atoms with Gasteiger partial charge >= 0.3 is 0 Å². The molecule has 0 saturated heterocycles. The maximum absolute atomic E-state index is 3.29. The molecule has 0 nitrogen and oxygen atoms in total. The minimum Gasteiger partial charge on any atom is -0.0654 e. The van der Waals surface area contributed by atoms with E-state index in [2.05, 4.69) is 105 Å². The van der Waals surface area contributed by atoms with Gasteiger partial charge in [-0.05, 0) is 66.1 Å². The van der Waals surface area contributed by atoms with E-state index in [0.717, 1.165) is 17.5 Å². The van der Waals surface area contributed by atoms with Crippen molar-refractivity contribution < 1.29 is 0 Å². The molecule has 1 atom stereocenters. The molecule has 0 aliphatic rings. The van der Waals surface area contributed by atoms with Crippen molar-refractivity contribution in [2.24, 2.45) is 0 Å². The van der Waals surface area contributed by atoms with Crippen LogP contribution in [0.15, 0.2) is 78.9 Å². The Morgan fingerprint density at radius 1 is 0.679 bits per heavy atom. The van der Waals surface area contributed by atoms with Gasteiger partial charge in [0.25, 0.3) is 0 Å². The minimum absolute atomic E-state index is 0.522. The third-order valence-corrected chi connectivity index (χ3v) is 5.24. The number of hydrogen-bond donors (Lipinski definition) is 0. The molecule has 0 radical (unpaired) electrons. The van der Waals surface area contributed by atoms with E-state index in [9.17, 15) is 0 Å². The zero-order chi connectivity index (χ0) is 19.6. The monoisotopic (exact) mass is 366 g/mol. The van der Waals surface area contributed by atoms with Crippen molar-refractivity contribution in [2.75, 3.05) is 0 Å². The van der Waals surface area contributed by atoms with Crippen molar-refractivity contribution in [3.63, 3.8) is 0 Å². The molecule has 3 aromatic rings. The van der Waals surface area contributed by atoms with Gasteiger partial charge in [0, 0.05) is 11.1 Å². The zero-order valence-corrected chi connectivity index (χ0v) is 17.1. The molecule has 0 saturated carbocycles. The van der Waals surface area contributed by atoms with E-state index in [1.807, 2.05) is 0 Å². The van der Waals surface area contributed by atoms with Crippen LogP contribution in [0.25, 0.3) is 0 Å². The van der Waals surface area contributed by atoms with Crippen molar-refractivity contribution in [3.05, 3.63) is 107 Å². The molecule has 0 fully saturated rings. The summed E-state index contributed by atoms with van der Waals surface area (Å²) in [5.74, 6) is 7.11. The fourth-order valence-corrected chi connectivity index (χ4v) is 3.46. The highest BCUT2D eigenvalue weighted by Gasteiger charge is 2.05. The molecule has 142 valence electrons. The molecule has 0 amide bonds. The van der Waals surface area contributed by atoms with Gasteiger partial charge in [-0.3, -0.25) is 0 Å². The van der Waals surface area contributed by atoms with Crippen LogP contribution in [0.2, 0.25) is 0 Å². The highest BCUT2D eigenvalue weighted by atomic mass is 14.1. The summed E-state index contributed by atoms with van der Waals surface area (Å²) in [5, 5.41) is 0. The number of rotatable bonds is 7. The Labute approximate surface area is 170 Å². The molecule has 0 heteroatoms. The molecule has 0 aliphatic carbocycles. The van der Waals surface area contributed by atoms with Crippen LogP contribution in [0.3, 0.4) is 0 Å². The molecule has 3 rings (SSSR count). The van der Waals surface area contributed by atoms with E-state index in [1.54, 1.807) is 0 Å². The lowest BCUT2D eigenvalue weighted by Gasteiger charge is -2.11. The van der Waals surface area contributed by atoms with E-state index in [-0.39, 0.29) is 0 Å². The zero-order valence-electron chi connectivity index (χ0n) is 17.1. The summed E-state index contributed by atoms with van der Waals surface area (Å²) < 4.78 is 0. The number of aryl methyl sites for hydroxylation is 1. The first-order valence-electron chi connectivity index (χ1n) is 10.5. The lowest BCUT2D eigenvalue weighted by molar-refractivity contribution is 0.717. The van der Waals surface area contributed by atoms with E-state index in [4.69, 9.17) is 0 Å². The molecule has 0 aromatic heterocycles. The Kier molecular flexibility index (Phi) is 7.51. The van der Waals surface area contributed by atoms with E-state index >= 15 is 0 Å². The van der Waals surface area contributed by atoms with Gasteiger partial charge in [0.05, 0.1) is 0 Å². The number of benzene rings is 3. The SMILES string of the molecule is CCCCCc1ccc(C#Cc2ccc(CC(C)c3ccccc3)cc2)cc1. The van der Waals surface area contributed by atoms with Gasteiger partial charge in [-0.25, -0.2) is 0 Å². The lowest BCUT2D eigenvalue weighted by Crippen LogP contribution is -1.98. The first-order valence-corrected chi connectivity index (χ1v) is 10.5. The van der Waals surface area contributed by atoms with Crippen molar-refractivity contribution in [3.8, 4) is 11.8 Å². The van der Waals surface area contributed by atoms with Crippen LogP contribution in [-0.4, -0.2) is 0 Å². The van der Waals surface area contributed by atoms with Crippen molar-refractivity contribution in [1.82, 2.24) is 0 Å². The van der Waals surface area contributed by atoms with Crippen LogP contribution in [0.1, 0.15) is 66.8 Å². The lowest BCUT2D eigenvalue weighted by atomic mass is 9.93. The second-order valence-corrected chi connectivity index (χ2v) is 7.62. The molecular formula is C28H30. The van der Waals surface area contributed by atoms with E-state index < -0.39 is 0 Å². The molecule has 0 heterocycles. The van der Waals surface area contributed by atoms with Crippen LogP contribution in [0, 0.1) is 11.8 Å². The Bertz CT molecular complexity index is 890. The maximum atomic E-state index is 3.29. The van der Waals surface area contributed by atoms with Gasteiger partial charge in [0.2, 0.25) is 0 Å². The van der Waals surface area contributed by atoms with Gasteiger partial charge in [0.1, 0.15) is 0 Å². The van der Waals surface area contributed by atoms with Crippen LogP contribution in [-0.2, 0) is 12.8 Å². The summed E-state index contributed by atoms with van der Waals surface area (Å²) >= 11 is 0. The van der Waals surface area contributed by atoms with E-state index in [1.165, 1.54) is 42.4 Å². The largest absolute Gasteiger partial charge is 0.0654 e. The average molecular weight is 367 g/mol. The predicted molar refractivity (Wildman–Crippen MR) is 121 cm³/mol. The quantitative estimate of drug-likeness (QED) is 0.307. The van der Waals surface area contributed by atoms with Gasteiger partial charge < -0.3 is 0 Å². The normalized spacial score (nSPS) is 11.5. The summed E-state index contributed by atoms with van der Waals surface area (Å²) in [5.41, 5.74) is 6.32. The van der Waals surface area contributed by atoms with Gasteiger partial charge in [-0.1, -0.05) is 93.1 Å². The molecule has 28 heavy (non-hydrogen) atoms. The number of hydrogen-bond acceptors (Lipinski definition) is 0. The summed E-state index contributed by atoms with van der Waals surface area (Å²) in [6.07, 6.45) is 6.08. The van der Waals surface area contributed by atoms with Crippen LogP contribution in [0.4, 0.5) is 0 Å². The minimum atomic E-state index is 0.522. The second-order valence-electron chi connectivity index (χ2n) is 7.62. The molecule has 0 N–H and O–H groups in total. The highest BCUT2D eigenvalue weighted by molar-refractivity contribution is 5.44. The maximum Gasteiger partial charge on any atom is 0.0249 e. The summed E-state index contributed by atoms with van der Waals surface area (Å²) in [7, 11) is 0. The first-order chi connectivity index (χ1) is 13.7. The third kappa shape index (κ3) is 6.14. The Hall–Kier alpha value is -2.78. The van der Waals surface area contributed by atoms with Crippen LogP contribution >= 0.6 is 0 Å². The third-order valence-electron chi connectivity index (χ3n) is 5.24. The van der Waals surface area contributed by atoms with Crippen molar-refractivity contribution in [1.29, 1.82) is 0 Å². The Morgan fingerprint density at radius 3 is 1.82 bits per heavy atom. The molecule has 0 aliphatic heterocycles. The summed E-state index contributed by atoms with van der Waals surface area (Å²) in [6.45, 7) is 4.53. The predicted octanol–water partition coefficient (Wildman–Crippen LogP) is 7.17. The smallest absolute Gasteiger partial charge is 0.0249 e. The van der Waals surface area contributed by atoms with Crippen molar-refractivity contribution >= 4 is 0 Å². The first kappa shape index (κ1) is 20.0. The second kappa shape index (κ2) is 10.5. The average Bonchev–Trinajstić information content (AvgIpc) is 2.75. The van der Waals surface area contributed by atoms with Gasteiger partial charge in [0.15, 0.2) is 0 Å². The fourth-order valence-electron chi connectivity index (χ4n) is 3.46. The van der Waals surface area contributed by atoms with Crippen LogP contribution < -0.4 is 0 Å². The molecular weight excluding hydrogens is 336 g/mol. The van der Waals surface area contributed by atoms with Crippen molar-refractivity contribution in [2.45, 2.75) is 51.9 Å². The molecule has 0 spiro atoms. The Morgan fingerprint density at radius 2 is 1.25 bits per heavy atom. The molecule has 3 aromatic carbocycles. The van der Waals surface area contributed by atoms with Gasteiger partial charge in [-0.15, -0.1) is 0 Å². The topological polar surface area (TPSA) is 0 Å². The Balaban J connectivity index is 1.57. The number of unbranched alkanes of at least 4 members (excludes halogenated alkanes) is 2. The van der Waals surface area contributed by atoms with Gasteiger partial charge in [-0.2, -0.15) is 0 Å². The summed E-state index contributed by atoms with van der Waals surface area (Å²) in [4.78, 5) is 0. The fraction of sp³-hybridized carbons (Fsp3) is 0.286. The standard InChI is InChI=1S/C28H30/c1-3-4-6-9-24-12-14-25(15-13-24)16-17-26-18-20-27(21-19-26)22-23(2)28-10-7-5-8-11-28/h5,7-8,10-15,18-21,23H,3-4,6,9,22H2,1-2H3. The summed E-state index contributed by atoms with van der Waals surface area (Å²) in [6, 6.07) is 28.1. The van der Waals surface area contributed by atoms with Crippen LogP contribution in [0.5, 0.6) is 0 Å². The van der Waals surface area contributed by atoms with E-state index in [0.29, 0.717) is 5.92 Å².